The third kappa shape index (κ3) is 4.07. The van der Waals surface area contributed by atoms with Crippen LogP contribution < -0.4 is 11.1 Å². The molecule has 0 bridgehead atoms. The molecule has 3 N–H and O–H groups in total. The van der Waals surface area contributed by atoms with Crippen molar-refractivity contribution in [2.75, 3.05) is 5.32 Å². The minimum absolute atomic E-state index is 0.121. The Morgan fingerprint density at radius 3 is 2.90 bits per heavy atom. The maximum atomic E-state index is 11.5. The number of hydrogen-bond acceptors (Lipinski definition) is 2. The zero-order valence-corrected chi connectivity index (χ0v) is 12.5. The second-order valence-corrected chi connectivity index (χ2v) is 5.77. The number of nitrogens with two attached hydrogens (primary N) is 1. The molecule has 0 spiro atoms. The highest BCUT2D eigenvalue weighted by Gasteiger charge is 2.14. The second-order valence-electron chi connectivity index (χ2n) is 5.77. The molecule has 110 valence electrons. The number of nitrogens with one attached hydrogen (secondary N) is 1. The molecule has 0 aliphatic carbocycles. The number of hydrogen-bond donors (Lipinski definition) is 2. The van der Waals surface area contributed by atoms with Gasteiger partial charge in [-0.25, -0.2) is 0 Å². The molecule has 3 heteroatoms. The van der Waals surface area contributed by atoms with Gasteiger partial charge in [0, 0.05) is 18.2 Å². The summed E-state index contributed by atoms with van der Waals surface area (Å²) in [6, 6.07) is 6.39. The topological polar surface area (TPSA) is 55.1 Å². The monoisotopic (exact) mass is 274 g/mol. The largest absolute Gasteiger partial charge is 0.326 e. The minimum Gasteiger partial charge on any atom is -0.326 e. The van der Waals surface area contributed by atoms with Crippen LogP contribution in [-0.2, 0) is 11.2 Å². The highest BCUT2D eigenvalue weighted by molar-refractivity contribution is 5.92. The predicted octanol–water partition coefficient (Wildman–Crippen LogP) is 3.93. The van der Waals surface area contributed by atoms with Gasteiger partial charge in [-0.15, -0.1) is 0 Å². The van der Waals surface area contributed by atoms with E-state index in [0.29, 0.717) is 6.42 Å². The van der Waals surface area contributed by atoms with Crippen molar-refractivity contribution in [1.29, 1.82) is 0 Å². The number of benzene rings is 1. The Morgan fingerprint density at radius 2 is 2.10 bits per heavy atom. The summed E-state index contributed by atoms with van der Waals surface area (Å²) in [5.74, 6) is 0.125. The van der Waals surface area contributed by atoms with Gasteiger partial charge in [-0.1, -0.05) is 44.7 Å². The van der Waals surface area contributed by atoms with Crippen LogP contribution in [0.2, 0.25) is 0 Å². The van der Waals surface area contributed by atoms with Crippen molar-refractivity contribution in [1.82, 2.24) is 0 Å². The molecule has 1 atom stereocenters. The summed E-state index contributed by atoms with van der Waals surface area (Å²) >= 11 is 0. The third-order valence-corrected chi connectivity index (χ3v) is 4.05. The molecule has 3 nitrogen and oxygen atoms in total. The molecule has 0 radical (unpaired) electrons. The van der Waals surface area contributed by atoms with Crippen molar-refractivity contribution >= 4 is 11.6 Å². The zero-order chi connectivity index (χ0) is 14.4. The normalized spacial score (nSPS) is 16.2. The summed E-state index contributed by atoms with van der Waals surface area (Å²) < 4.78 is 0. The number of carbonyl (C=O) groups excluding carboxylic acids is 1. The number of anilines is 1. The van der Waals surface area contributed by atoms with Crippen LogP contribution in [0.4, 0.5) is 5.69 Å². The van der Waals surface area contributed by atoms with Crippen LogP contribution in [0, 0.1) is 0 Å². The summed E-state index contributed by atoms with van der Waals surface area (Å²) in [5.41, 5.74) is 9.70. The quantitative estimate of drug-likeness (QED) is 0.772. The summed E-state index contributed by atoms with van der Waals surface area (Å²) in [7, 11) is 0. The Labute approximate surface area is 121 Å². The molecule has 0 saturated heterocycles. The molecule has 20 heavy (non-hydrogen) atoms. The highest BCUT2D eigenvalue weighted by Crippen LogP contribution is 2.26. The molecule has 0 saturated carbocycles. The Morgan fingerprint density at radius 1 is 1.25 bits per heavy atom. The fourth-order valence-corrected chi connectivity index (χ4v) is 2.78. The first kappa shape index (κ1) is 15.0. The Balaban J connectivity index is 1.99. The lowest BCUT2D eigenvalue weighted by atomic mass is 9.97. The van der Waals surface area contributed by atoms with E-state index in [1.54, 1.807) is 0 Å². The summed E-state index contributed by atoms with van der Waals surface area (Å²) in [4.78, 5) is 11.5. The number of fused-ring (bicyclic) bond motifs is 1. The molecule has 0 fully saturated rings. The van der Waals surface area contributed by atoms with Gasteiger partial charge in [-0.05, 0) is 36.5 Å². The Bertz CT molecular complexity index is 456. The van der Waals surface area contributed by atoms with E-state index < -0.39 is 0 Å². The van der Waals surface area contributed by atoms with Gasteiger partial charge in [-0.2, -0.15) is 0 Å². The maximum absolute atomic E-state index is 11.5. The predicted molar refractivity (Wildman–Crippen MR) is 83.7 cm³/mol. The number of rotatable bonds is 6. The van der Waals surface area contributed by atoms with Gasteiger partial charge < -0.3 is 11.1 Å². The molecule has 1 heterocycles. The van der Waals surface area contributed by atoms with E-state index in [4.69, 9.17) is 5.73 Å². The van der Waals surface area contributed by atoms with E-state index in [-0.39, 0.29) is 11.9 Å². The summed E-state index contributed by atoms with van der Waals surface area (Å²) in [6.07, 6.45) is 8.57. The Hall–Kier alpha value is -1.35. The first-order chi connectivity index (χ1) is 9.70. The molecule has 2 rings (SSSR count). The minimum atomic E-state index is 0.121. The summed E-state index contributed by atoms with van der Waals surface area (Å²) in [6.45, 7) is 2.22. The van der Waals surface area contributed by atoms with Gasteiger partial charge in [0.2, 0.25) is 5.91 Å². The van der Waals surface area contributed by atoms with Crippen molar-refractivity contribution in [3.8, 4) is 0 Å². The van der Waals surface area contributed by atoms with E-state index in [1.807, 2.05) is 6.07 Å². The van der Waals surface area contributed by atoms with Crippen LogP contribution in [0.1, 0.15) is 69.0 Å². The molecular weight excluding hydrogens is 248 g/mol. The average Bonchev–Trinajstić information content (AvgIpc) is 2.63. The van der Waals surface area contributed by atoms with Crippen LogP contribution in [0.15, 0.2) is 18.2 Å². The summed E-state index contributed by atoms with van der Waals surface area (Å²) in [5, 5.41) is 2.97. The van der Waals surface area contributed by atoms with Gasteiger partial charge in [-0.3, -0.25) is 4.79 Å². The standard InChI is InChI=1S/C17H26N2O/c1-2-3-4-5-8-15(18)13-10-11-16-14(12-13)7-6-9-17(20)19-16/h10-12,15H,2-9,18H2,1H3,(H,19,20). The first-order valence-corrected chi connectivity index (χ1v) is 7.89. The van der Waals surface area contributed by atoms with Crippen LogP contribution in [0.5, 0.6) is 0 Å². The van der Waals surface area contributed by atoms with Gasteiger partial charge in [0.1, 0.15) is 0 Å². The van der Waals surface area contributed by atoms with Gasteiger partial charge in [0.25, 0.3) is 0 Å². The molecule has 1 amide bonds. The van der Waals surface area contributed by atoms with E-state index in [9.17, 15) is 4.79 Å². The van der Waals surface area contributed by atoms with Crippen LogP contribution in [0.25, 0.3) is 0 Å². The average molecular weight is 274 g/mol. The van der Waals surface area contributed by atoms with Crippen LogP contribution in [-0.4, -0.2) is 5.91 Å². The van der Waals surface area contributed by atoms with E-state index in [0.717, 1.165) is 24.9 Å². The van der Waals surface area contributed by atoms with E-state index in [2.05, 4.69) is 24.4 Å². The van der Waals surface area contributed by atoms with Crippen molar-refractivity contribution in [3.63, 3.8) is 0 Å². The third-order valence-electron chi connectivity index (χ3n) is 4.05. The van der Waals surface area contributed by atoms with Crippen LogP contribution >= 0.6 is 0 Å². The lowest BCUT2D eigenvalue weighted by Crippen LogP contribution is -2.12. The number of unbranched alkanes of at least 4 members (excludes halogenated alkanes) is 3. The van der Waals surface area contributed by atoms with Crippen molar-refractivity contribution in [2.45, 2.75) is 64.3 Å². The number of carbonyl (C=O) groups is 1. The van der Waals surface area contributed by atoms with Gasteiger partial charge in [0.05, 0.1) is 0 Å². The lowest BCUT2D eigenvalue weighted by Gasteiger charge is -2.15. The van der Waals surface area contributed by atoms with E-state index in [1.165, 1.54) is 36.8 Å². The van der Waals surface area contributed by atoms with Crippen LogP contribution in [0.3, 0.4) is 0 Å². The Kier molecular flexibility index (Phi) is 5.60. The lowest BCUT2D eigenvalue weighted by molar-refractivity contribution is -0.116. The smallest absolute Gasteiger partial charge is 0.224 e. The van der Waals surface area contributed by atoms with Crippen molar-refractivity contribution in [2.24, 2.45) is 5.73 Å². The van der Waals surface area contributed by atoms with Gasteiger partial charge >= 0.3 is 0 Å². The fourth-order valence-electron chi connectivity index (χ4n) is 2.78. The second kappa shape index (κ2) is 7.44. The fraction of sp³-hybridized carbons (Fsp3) is 0.588. The SMILES string of the molecule is CCCCCCC(N)c1ccc2c(c1)CCCC(=O)N2. The molecule has 1 aromatic rings. The highest BCUT2D eigenvalue weighted by atomic mass is 16.1. The zero-order valence-electron chi connectivity index (χ0n) is 12.5. The molecule has 1 unspecified atom stereocenters. The van der Waals surface area contributed by atoms with E-state index >= 15 is 0 Å². The number of amides is 1. The molecule has 1 aliphatic rings. The molecular formula is C17H26N2O. The first-order valence-electron chi connectivity index (χ1n) is 7.89. The molecule has 1 aliphatic heterocycles. The van der Waals surface area contributed by atoms with Crippen molar-refractivity contribution < 1.29 is 4.79 Å². The van der Waals surface area contributed by atoms with Crippen molar-refractivity contribution in [3.05, 3.63) is 29.3 Å². The molecule has 0 aromatic heterocycles. The molecule has 1 aromatic carbocycles. The number of aryl methyl sites for hydroxylation is 1. The maximum Gasteiger partial charge on any atom is 0.224 e. The van der Waals surface area contributed by atoms with Gasteiger partial charge in [0.15, 0.2) is 0 Å².